The highest BCUT2D eigenvalue weighted by atomic mass is 16.4. The average Bonchev–Trinajstić information content (AvgIpc) is 2.26. The molecule has 3 saturated carbocycles. The second kappa shape index (κ2) is 4.78. The van der Waals surface area contributed by atoms with E-state index >= 15 is 0 Å². The summed E-state index contributed by atoms with van der Waals surface area (Å²) in [5, 5.41) is 17.9. The van der Waals surface area contributed by atoms with Gasteiger partial charge in [-0.2, -0.15) is 0 Å². The Morgan fingerprint density at radius 3 is 2.05 bits per heavy atom. The Morgan fingerprint density at radius 2 is 1.68 bits per heavy atom. The van der Waals surface area contributed by atoms with Crippen molar-refractivity contribution < 1.29 is 19.8 Å². The van der Waals surface area contributed by atoms with Crippen molar-refractivity contribution in [2.75, 3.05) is 13.1 Å². The number of carbonyl (C=O) groups is 2. The number of aliphatic carboxylic acids is 2. The lowest BCUT2D eigenvalue weighted by atomic mass is 9.44. The first kappa shape index (κ1) is 14.3. The smallest absolute Gasteiger partial charge is 0.317 e. The fourth-order valence-electron chi connectivity index (χ4n) is 4.24. The number of carboxylic acid groups (broad SMARTS) is 2. The largest absolute Gasteiger partial charge is 0.480 e. The lowest BCUT2D eigenvalue weighted by molar-refractivity contribution is -0.157. The fraction of sp³-hybridized carbons (Fsp3) is 0.857. The molecule has 0 spiro atoms. The van der Waals surface area contributed by atoms with E-state index < -0.39 is 11.9 Å². The van der Waals surface area contributed by atoms with Gasteiger partial charge in [0.2, 0.25) is 0 Å². The molecular formula is C14H23NO4. The van der Waals surface area contributed by atoms with Crippen LogP contribution in [0.5, 0.6) is 0 Å². The molecule has 5 nitrogen and oxygen atoms in total. The predicted molar refractivity (Wildman–Crippen MR) is 69.8 cm³/mol. The zero-order chi connectivity index (χ0) is 14.4. The van der Waals surface area contributed by atoms with Gasteiger partial charge in [-0.15, -0.1) is 0 Å². The van der Waals surface area contributed by atoms with Crippen LogP contribution < -0.4 is 0 Å². The Morgan fingerprint density at radius 1 is 1.16 bits per heavy atom. The van der Waals surface area contributed by atoms with E-state index in [0.29, 0.717) is 23.2 Å². The van der Waals surface area contributed by atoms with Crippen molar-refractivity contribution in [1.82, 2.24) is 4.90 Å². The highest BCUT2D eigenvalue weighted by Gasteiger charge is 2.57. The number of rotatable bonds is 5. The topological polar surface area (TPSA) is 77.8 Å². The van der Waals surface area contributed by atoms with Crippen LogP contribution in [0.15, 0.2) is 0 Å². The average molecular weight is 269 g/mol. The van der Waals surface area contributed by atoms with Crippen molar-refractivity contribution in [1.29, 1.82) is 0 Å². The van der Waals surface area contributed by atoms with Gasteiger partial charge >= 0.3 is 11.9 Å². The molecule has 0 heterocycles. The molecule has 0 aromatic heterocycles. The summed E-state index contributed by atoms with van der Waals surface area (Å²) in [6, 6.07) is 0.0870. The molecule has 0 aromatic carbocycles. The number of hydrogen-bond acceptors (Lipinski definition) is 3. The highest BCUT2D eigenvalue weighted by molar-refractivity contribution is 5.72. The van der Waals surface area contributed by atoms with Crippen molar-refractivity contribution >= 4 is 11.9 Å². The Hall–Kier alpha value is -1.10. The monoisotopic (exact) mass is 269 g/mol. The van der Waals surface area contributed by atoms with Crippen LogP contribution in [0.4, 0.5) is 0 Å². The second-order valence-electron chi connectivity index (χ2n) is 6.72. The first-order valence-corrected chi connectivity index (χ1v) is 6.91. The minimum absolute atomic E-state index is 0.0870. The zero-order valence-electron chi connectivity index (χ0n) is 11.8. The van der Waals surface area contributed by atoms with Gasteiger partial charge in [-0.25, -0.2) is 0 Å². The van der Waals surface area contributed by atoms with E-state index in [-0.39, 0.29) is 19.1 Å². The number of nitrogens with zero attached hydrogens (tertiary/aromatic N) is 1. The quantitative estimate of drug-likeness (QED) is 0.791. The summed E-state index contributed by atoms with van der Waals surface area (Å²) < 4.78 is 0. The number of hydrogen-bond donors (Lipinski definition) is 2. The molecule has 0 radical (unpaired) electrons. The maximum Gasteiger partial charge on any atom is 0.317 e. The van der Waals surface area contributed by atoms with Gasteiger partial charge in [-0.1, -0.05) is 20.8 Å². The molecule has 19 heavy (non-hydrogen) atoms. The summed E-state index contributed by atoms with van der Waals surface area (Å²) in [7, 11) is 0. The van der Waals surface area contributed by atoms with Crippen molar-refractivity contribution in [3.05, 3.63) is 0 Å². The third-order valence-electron chi connectivity index (χ3n) is 5.46. The molecule has 2 bridgehead atoms. The third-order valence-corrected chi connectivity index (χ3v) is 5.46. The van der Waals surface area contributed by atoms with Gasteiger partial charge in [-0.05, 0) is 36.0 Å². The van der Waals surface area contributed by atoms with Gasteiger partial charge in [0.25, 0.3) is 0 Å². The summed E-state index contributed by atoms with van der Waals surface area (Å²) in [5.41, 5.74) is 0.327. The van der Waals surface area contributed by atoms with Crippen LogP contribution >= 0.6 is 0 Å². The number of carboxylic acids is 2. The van der Waals surface area contributed by atoms with Crippen LogP contribution in [-0.4, -0.2) is 46.2 Å². The number of fused-ring (bicyclic) bond motifs is 2. The van der Waals surface area contributed by atoms with E-state index in [2.05, 4.69) is 20.8 Å². The molecule has 3 unspecified atom stereocenters. The Balaban J connectivity index is 2.10. The summed E-state index contributed by atoms with van der Waals surface area (Å²) >= 11 is 0. The van der Waals surface area contributed by atoms with Crippen molar-refractivity contribution in [3.8, 4) is 0 Å². The van der Waals surface area contributed by atoms with Gasteiger partial charge in [0, 0.05) is 6.04 Å². The molecule has 3 fully saturated rings. The van der Waals surface area contributed by atoms with Gasteiger partial charge in [-0.3, -0.25) is 14.5 Å². The molecule has 3 rings (SSSR count). The summed E-state index contributed by atoms with van der Waals surface area (Å²) in [6.07, 6.45) is 2.13. The molecule has 0 aliphatic heterocycles. The predicted octanol–water partition coefficient (Wildman–Crippen LogP) is 1.53. The Kier molecular flexibility index (Phi) is 3.60. The molecule has 0 aromatic rings. The second-order valence-corrected chi connectivity index (χ2v) is 6.72. The van der Waals surface area contributed by atoms with E-state index in [4.69, 9.17) is 10.2 Å². The maximum absolute atomic E-state index is 10.9. The van der Waals surface area contributed by atoms with Crippen LogP contribution in [0.3, 0.4) is 0 Å². The first-order chi connectivity index (χ1) is 8.73. The summed E-state index contributed by atoms with van der Waals surface area (Å²) in [4.78, 5) is 23.5. The standard InChI is InChI=1S/C14H23NO4/c1-8-10-4-9(14(10,2)3)5-11(8)15(6-12(16)17)7-13(18)19/h8-11H,4-7H2,1-3H3,(H,16,17)(H,18,19)/t8?,9?,10?,11-/m1/s1. The molecule has 108 valence electrons. The van der Waals surface area contributed by atoms with Gasteiger partial charge < -0.3 is 10.2 Å². The normalized spacial score (nSPS) is 35.8. The summed E-state index contributed by atoms with van der Waals surface area (Å²) in [6.45, 7) is 6.33. The van der Waals surface area contributed by atoms with E-state index in [0.717, 1.165) is 6.42 Å². The first-order valence-electron chi connectivity index (χ1n) is 6.91. The van der Waals surface area contributed by atoms with Crippen LogP contribution in [0.1, 0.15) is 33.6 Å². The van der Waals surface area contributed by atoms with E-state index in [1.807, 2.05) is 0 Å². The van der Waals surface area contributed by atoms with E-state index in [9.17, 15) is 9.59 Å². The highest BCUT2D eigenvalue weighted by Crippen LogP contribution is 2.61. The van der Waals surface area contributed by atoms with Gasteiger partial charge in [0.1, 0.15) is 0 Å². The minimum Gasteiger partial charge on any atom is -0.480 e. The molecule has 3 aliphatic carbocycles. The fourth-order valence-corrected chi connectivity index (χ4v) is 4.24. The van der Waals surface area contributed by atoms with Gasteiger partial charge in [0.15, 0.2) is 0 Å². The molecular weight excluding hydrogens is 246 g/mol. The van der Waals surface area contributed by atoms with Crippen molar-refractivity contribution in [2.24, 2.45) is 23.2 Å². The minimum atomic E-state index is -0.952. The molecule has 0 saturated heterocycles. The maximum atomic E-state index is 10.9. The van der Waals surface area contributed by atoms with E-state index in [1.54, 1.807) is 4.90 Å². The van der Waals surface area contributed by atoms with Gasteiger partial charge in [0.05, 0.1) is 13.1 Å². The zero-order valence-corrected chi connectivity index (χ0v) is 11.8. The molecule has 3 aliphatic rings. The van der Waals surface area contributed by atoms with Crippen molar-refractivity contribution in [2.45, 2.75) is 39.7 Å². The summed E-state index contributed by atoms with van der Waals surface area (Å²) in [5.74, 6) is -0.359. The lowest BCUT2D eigenvalue weighted by Crippen LogP contribution is -2.61. The lowest BCUT2D eigenvalue weighted by Gasteiger charge is -2.63. The van der Waals surface area contributed by atoms with E-state index in [1.165, 1.54) is 6.42 Å². The molecule has 2 N–H and O–H groups in total. The Bertz CT molecular complexity index is 377. The molecule has 0 amide bonds. The third kappa shape index (κ3) is 2.48. The van der Waals surface area contributed by atoms with Crippen LogP contribution in [0.25, 0.3) is 0 Å². The van der Waals surface area contributed by atoms with Crippen LogP contribution in [0, 0.1) is 23.2 Å². The Labute approximate surface area is 113 Å². The molecule has 4 atom stereocenters. The van der Waals surface area contributed by atoms with Crippen LogP contribution in [-0.2, 0) is 9.59 Å². The van der Waals surface area contributed by atoms with Crippen molar-refractivity contribution in [3.63, 3.8) is 0 Å². The SMILES string of the molecule is CC1C2CC(C[C@H]1N(CC(=O)O)CC(=O)O)C2(C)C. The molecule has 5 heteroatoms. The van der Waals surface area contributed by atoms with Crippen LogP contribution in [0.2, 0.25) is 0 Å².